The molecule has 0 aliphatic heterocycles. The molecule has 8 nitrogen and oxygen atoms in total. The Balaban J connectivity index is 2.61. The fraction of sp³-hybridized carbons (Fsp3) is 0.391. The van der Waals surface area contributed by atoms with E-state index in [1.807, 2.05) is 0 Å². The van der Waals surface area contributed by atoms with Gasteiger partial charge in [-0.25, -0.2) is 0 Å². The Morgan fingerprint density at radius 3 is 1.68 bits per heavy atom. The van der Waals surface area contributed by atoms with Crippen molar-refractivity contribution in [1.82, 2.24) is 0 Å². The van der Waals surface area contributed by atoms with E-state index >= 15 is 0 Å². The highest BCUT2D eigenvalue weighted by Gasteiger charge is 2.29. The fourth-order valence-electron chi connectivity index (χ4n) is 3.19. The van der Waals surface area contributed by atoms with Gasteiger partial charge in [0.15, 0.2) is 29.1 Å². The number of aliphatic hydroxyl groups excluding tert-OH is 2. The van der Waals surface area contributed by atoms with E-state index < -0.39 is 18.8 Å². The first-order valence-electron chi connectivity index (χ1n) is 9.59. The fourth-order valence-corrected chi connectivity index (χ4v) is 3.19. The molecular weight excluding hydrogens is 404 g/mol. The molecule has 0 aliphatic rings. The third kappa shape index (κ3) is 5.34. The van der Waals surface area contributed by atoms with Crippen LogP contribution in [0.15, 0.2) is 36.9 Å². The number of allylic oxidation sites excluding steroid dienone is 1. The number of aliphatic hydroxyl groups is 2. The highest BCUT2D eigenvalue weighted by atomic mass is 16.6. The second kappa shape index (κ2) is 11.3. The first-order valence-corrected chi connectivity index (χ1v) is 9.59. The molecule has 0 bridgehead atoms. The molecule has 170 valence electrons. The van der Waals surface area contributed by atoms with Crippen molar-refractivity contribution >= 4 is 0 Å². The molecule has 0 heterocycles. The summed E-state index contributed by atoms with van der Waals surface area (Å²) in [5.41, 5.74) is 1.42. The minimum Gasteiger partial charge on any atom is -0.493 e. The zero-order valence-electron chi connectivity index (χ0n) is 18.5. The van der Waals surface area contributed by atoms with Crippen LogP contribution in [0.25, 0.3) is 0 Å². The third-order valence-corrected chi connectivity index (χ3v) is 4.70. The highest BCUT2D eigenvalue weighted by Crippen LogP contribution is 2.45. The summed E-state index contributed by atoms with van der Waals surface area (Å²) in [6.45, 7) is 3.21. The standard InChI is InChI=1S/C23H30O8/c1-7-8-14-9-17(26-2)23(18(10-14)27-3)31-21(16(25)13-24)15-11-19(28-4)22(30-6)20(12-15)29-5/h7,9-12,16,21,24-25H,1,8,13H2,2-6H3/t16-,21+/m1/s1. The van der Waals surface area contributed by atoms with Crippen LogP contribution in [0.5, 0.6) is 34.5 Å². The maximum absolute atomic E-state index is 10.6. The van der Waals surface area contributed by atoms with Crippen LogP contribution in [0.2, 0.25) is 0 Å². The van der Waals surface area contributed by atoms with E-state index in [1.54, 1.807) is 30.3 Å². The molecule has 2 aromatic rings. The lowest BCUT2D eigenvalue weighted by Crippen LogP contribution is -2.27. The Kier molecular flexibility index (Phi) is 8.84. The molecule has 0 saturated carbocycles. The maximum Gasteiger partial charge on any atom is 0.204 e. The molecule has 2 rings (SSSR count). The van der Waals surface area contributed by atoms with Crippen molar-refractivity contribution in [2.45, 2.75) is 18.6 Å². The molecule has 0 spiro atoms. The van der Waals surface area contributed by atoms with Gasteiger partial charge in [-0.05, 0) is 36.2 Å². The van der Waals surface area contributed by atoms with Crippen LogP contribution in [0.1, 0.15) is 17.2 Å². The Labute approximate surface area is 182 Å². The zero-order chi connectivity index (χ0) is 23.0. The summed E-state index contributed by atoms with van der Waals surface area (Å²) in [4.78, 5) is 0. The third-order valence-electron chi connectivity index (χ3n) is 4.70. The largest absolute Gasteiger partial charge is 0.493 e. The number of ether oxygens (including phenoxy) is 6. The Morgan fingerprint density at radius 1 is 0.806 bits per heavy atom. The summed E-state index contributed by atoms with van der Waals surface area (Å²) in [5.74, 6) is 2.28. The molecular formula is C23H30O8. The van der Waals surface area contributed by atoms with Crippen LogP contribution in [-0.2, 0) is 6.42 Å². The molecule has 31 heavy (non-hydrogen) atoms. The molecule has 0 saturated heterocycles. The van der Waals surface area contributed by atoms with Crippen molar-refractivity contribution in [1.29, 1.82) is 0 Å². The molecule has 0 amide bonds. The Bertz CT molecular complexity index is 830. The Morgan fingerprint density at radius 2 is 1.29 bits per heavy atom. The topological polar surface area (TPSA) is 95.8 Å². The summed E-state index contributed by atoms with van der Waals surface area (Å²) in [5, 5.41) is 20.2. The van der Waals surface area contributed by atoms with E-state index in [-0.39, 0.29) is 5.75 Å². The quantitative estimate of drug-likeness (QED) is 0.493. The van der Waals surface area contributed by atoms with Crippen molar-refractivity contribution in [3.63, 3.8) is 0 Å². The molecule has 2 N–H and O–H groups in total. The summed E-state index contributed by atoms with van der Waals surface area (Å²) in [6.07, 6.45) is 0.128. The lowest BCUT2D eigenvalue weighted by Gasteiger charge is -2.27. The van der Waals surface area contributed by atoms with Crippen LogP contribution in [-0.4, -0.2) is 58.5 Å². The van der Waals surface area contributed by atoms with Crippen LogP contribution in [0.3, 0.4) is 0 Å². The lowest BCUT2D eigenvalue weighted by atomic mass is 10.0. The van der Waals surface area contributed by atoms with Gasteiger partial charge >= 0.3 is 0 Å². The average molecular weight is 434 g/mol. The van der Waals surface area contributed by atoms with E-state index in [4.69, 9.17) is 28.4 Å². The van der Waals surface area contributed by atoms with Crippen molar-refractivity contribution in [2.75, 3.05) is 42.2 Å². The minimum absolute atomic E-state index is 0.282. The molecule has 8 heteroatoms. The van der Waals surface area contributed by atoms with Gasteiger partial charge in [0.05, 0.1) is 42.2 Å². The van der Waals surface area contributed by atoms with Gasteiger partial charge in [0.1, 0.15) is 6.10 Å². The van der Waals surface area contributed by atoms with Crippen LogP contribution in [0.4, 0.5) is 0 Å². The molecule has 0 radical (unpaired) electrons. The van der Waals surface area contributed by atoms with Crippen molar-refractivity contribution in [2.24, 2.45) is 0 Å². The maximum atomic E-state index is 10.6. The number of rotatable bonds is 12. The van der Waals surface area contributed by atoms with Crippen LogP contribution < -0.4 is 28.4 Å². The van der Waals surface area contributed by atoms with E-state index in [1.165, 1.54) is 35.5 Å². The second-order valence-corrected chi connectivity index (χ2v) is 6.57. The van der Waals surface area contributed by atoms with Crippen molar-refractivity contribution in [3.8, 4) is 34.5 Å². The minimum atomic E-state index is -1.26. The van der Waals surface area contributed by atoms with Gasteiger partial charge in [0, 0.05) is 5.56 Å². The first-order chi connectivity index (χ1) is 15.0. The second-order valence-electron chi connectivity index (χ2n) is 6.57. The molecule has 0 unspecified atom stereocenters. The van der Waals surface area contributed by atoms with E-state index in [0.717, 1.165) is 5.56 Å². The van der Waals surface area contributed by atoms with E-state index in [2.05, 4.69) is 6.58 Å². The van der Waals surface area contributed by atoms with E-state index in [0.29, 0.717) is 40.7 Å². The van der Waals surface area contributed by atoms with Gasteiger partial charge in [0.25, 0.3) is 0 Å². The normalized spacial score (nSPS) is 12.5. The van der Waals surface area contributed by atoms with Crippen LogP contribution >= 0.6 is 0 Å². The summed E-state index contributed by atoms with van der Waals surface area (Å²) >= 11 is 0. The van der Waals surface area contributed by atoms with Gasteiger partial charge in [-0.3, -0.25) is 0 Å². The molecule has 0 fully saturated rings. The van der Waals surface area contributed by atoms with Gasteiger partial charge in [-0.15, -0.1) is 6.58 Å². The smallest absolute Gasteiger partial charge is 0.204 e. The number of benzene rings is 2. The Hall–Kier alpha value is -3.10. The summed E-state index contributed by atoms with van der Waals surface area (Å²) in [6, 6.07) is 6.90. The van der Waals surface area contributed by atoms with Gasteiger partial charge in [-0.1, -0.05) is 6.08 Å². The number of hydrogen-bond donors (Lipinski definition) is 2. The first kappa shape index (κ1) is 24.2. The molecule has 0 aliphatic carbocycles. The number of methoxy groups -OCH3 is 5. The SMILES string of the molecule is C=CCc1cc(OC)c(O[C@@H](c2cc(OC)c(OC)c(OC)c2)[C@H](O)CO)c(OC)c1. The van der Waals surface area contributed by atoms with Gasteiger partial charge in [-0.2, -0.15) is 0 Å². The number of hydrogen-bond acceptors (Lipinski definition) is 8. The van der Waals surface area contributed by atoms with Gasteiger partial charge < -0.3 is 38.6 Å². The molecule has 2 atom stereocenters. The predicted octanol–water partition coefficient (Wildman–Crippen LogP) is 2.93. The molecule has 0 aromatic heterocycles. The van der Waals surface area contributed by atoms with Crippen molar-refractivity contribution in [3.05, 3.63) is 48.0 Å². The zero-order valence-corrected chi connectivity index (χ0v) is 18.5. The highest BCUT2D eigenvalue weighted by molar-refractivity contribution is 5.56. The van der Waals surface area contributed by atoms with E-state index in [9.17, 15) is 10.2 Å². The monoisotopic (exact) mass is 434 g/mol. The average Bonchev–Trinajstić information content (AvgIpc) is 2.81. The lowest BCUT2D eigenvalue weighted by molar-refractivity contribution is -0.00406. The predicted molar refractivity (Wildman–Crippen MR) is 116 cm³/mol. The van der Waals surface area contributed by atoms with Crippen LogP contribution in [0, 0.1) is 0 Å². The van der Waals surface area contributed by atoms with Gasteiger partial charge in [0.2, 0.25) is 11.5 Å². The summed E-state index contributed by atoms with van der Waals surface area (Å²) in [7, 11) is 7.50. The summed E-state index contributed by atoms with van der Waals surface area (Å²) < 4.78 is 33.3. The molecule has 2 aromatic carbocycles. The van der Waals surface area contributed by atoms with Crippen molar-refractivity contribution < 1.29 is 38.6 Å².